The van der Waals surface area contributed by atoms with Gasteiger partial charge >= 0.3 is 6.09 Å². The summed E-state index contributed by atoms with van der Waals surface area (Å²) in [4.78, 5) is 56.5. The summed E-state index contributed by atoms with van der Waals surface area (Å²) in [6.07, 6.45) is 0.769. The molecule has 0 bridgehead atoms. The molecule has 40 heavy (non-hydrogen) atoms. The van der Waals surface area contributed by atoms with Gasteiger partial charge in [-0.15, -0.1) is 0 Å². The molecule has 0 radical (unpaired) electrons. The SMILES string of the molecule is CNC(=O)Cc1cccc(CNC(=O)CN2CN(c3ccccc3)C3(CCN(C(=O)OC(C)(C)C)CC3)C2=O)c1. The second kappa shape index (κ2) is 12.0. The lowest BCUT2D eigenvalue weighted by atomic mass is 9.85. The fourth-order valence-corrected chi connectivity index (χ4v) is 5.26. The predicted octanol–water partition coefficient (Wildman–Crippen LogP) is 2.67. The van der Waals surface area contributed by atoms with Gasteiger partial charge in [0, 0.05) is 32.4 Å². The molecule has 2 aliphatic heterocycles. The lowest BCUT2D eigenvalue weighted by molar-refractivity contribution is -0.137. The minimum Gasteiger partial charge on any atom is -0.444 e. The molecule has 10 nitrogen and oxygen atoms in total. The number of ether oxygens (including phenoxy) is 1. The van der Waals surface area contributed by atoms with Crippen molar-refractivity contribution in [1.82, 2.24) is 20.4 Å². The van der Waals surface area contributed by atoms with Crippen molar-refractivity contribution in [3.8, 4) is 0 Å². The summed E-state index contributed by atoms with van der Waals surface area (Å²) in [7, 11) is 1.60. The fraction of sp³-hybridized carbons (Fsp3) is 0.467. The molecule has 0 saturated carbocycles. The van der Waals surface area contributed by atoms with Gasteiger partial charge < -0.3 is 30.1 Å². The van der Waals surface area contributed by atoms with Crippen molar-refractivity contribution in [3.63, 3.8) is 0 Å². The number of hydrogen-bond donors (Lipinski definition) is 2. The molecular formula is C30H39N5O5. The number of likely N-dealkylation sites (tertiary alicyclic amines) is 1. The first-order valence-corrected chi connectivity index (χ1v) is 13.7. The fourth-order valence-electron chi connectivity index (χ4n) is 5.26. The first kappa shape index (κ1) is 28.9. The number of anilines is 1. The molecule has 0 aromatic heterocycles. The molecule has 10 heteroatoms. The Balaban J connectivity index is 1.43. The Morgan fingerprint density at radius 2 is 1.62 bits per heavy atom. The maximum Gasteiger partial charge on any atom is 0.410 e. The maximum atomic E-state index is 13.9. The number of para-hydroxylation sites is 1. The monoisotopic (exact) mass is 549 g/mol. The Kier molecular flexibility index (Phi) is 8.66. The van der Waals surface area contributed by atoms with Gasteiger partial charge in [-0.1, -0.05) is 42.5 Å². The van der Waals surface area contributed by atoms with Crippen LogP contribution in [0.2, 0.25) is 0 Å². The van der Waals surface area contributed by atoms with Gasteiger partial charge in [0.1, 0.15) is 17.7 Å². The minimum atomic E-state index is -0.839. The summed E-state index contributed by atoms with van der Waals surface area (Å²) in [5, 5.41) is 5.52. The molecule has 4 rings (SSSR count). The molecule has 0 aliphatic carbocycles. The quantitative estimate of drug-likeness (QED) is 0.550. The lowest BCUT2D eigenvalue weighted by Gasteiger charge is -2.43. The van der Waals surface area contributed by atoms with E-state index in [0.717, 1.165) is 16.8 Å². The van der Waals surface area contributed by atoms with Crippen LogP contribution in [-0.4, -0.2) is 78.1 Å². The van der Waals surface area contributed by atoms with Crippen LogP contribution < -0.4 is 15.5 Å². The van der Waals surface area contributed by atoms with Crippen LogP contribution in [0.4, 0.5) is 10.5 Å². The van der Waals surface area contributed by atoms with E-state index in [9.17, 15) is 19.2 Å². The Bertz CT molecular complexity index is 1230. The van der Waals surface area contributed by atoms with Gasteiger partial charge in [0.2, 0.25) is 11.8 Å². The second-order valence-corrected chi connectivity index (χ2v) is 11.4. The number of benzene rings is 2. The lowest BCUT2D eigenvalue weighted by Crippen LogP contribution is -2.57. The Labute approximate surface area is 235 Å². The third kappa shape index (κ3) is 6.73. The molecule has 4 amide bonds. The van der Waals surface area contributed by atoms with Gasteiger partial charge in [0.05, 0.1) is 13.1 Å². The molecule has 2 N–H and O–H groups in total. The van der Waals surface area contributed by atoms with E-state index in [-0.39, 0.29) is 43.4 Å². The van der Waals surface area contributed by atoms with Crippen LogP contribution in [0.15, 0.2) is 54.6 Å². The third-order valence-electron chi connectivity index (χ3n) is 7.28. The molecule has 0 atom stereocenters. The predicted molar refractivity (Wildman–Crippen MR) is 151 cm³/mol. The number of carbonyl (C=O) groups excluding carboxylic acids is 4. The number of rotatable bonds is 7. The summed E-state index contributed by atoms with van der Waals surface area (Å²) >= 11 is 0. The van der Waals surface area contributed by atoms with E-state index in [1.165, 1.54) is 0 Å². The van der Waals surface area contributed by atoms with Gasteiger partial charge in [-0.3, -0.25) is 14.4 Å². The van der Waals surface area contributed by atoms with Crippen molar-refractivity contribution in [2.45, 2.75) is 57.7 Å². The van der Waals surface area contributed by atoms with Gasteiger partial charge in [-0.2, -0.15) is 0 Å². The Hall–Kier alpha value is -4.08. The van der Waals surface area contributed by atoms with E-state index in [1.54, 1.807) is 16.8 Å². The molecule has 2 fully saturated rings. The van der Waals surface area contributed by atoms with E-state index in [0.29, 0.717) is 32.5 Å². The zero-order chi connectivity index (χ0) is 28.9. The van der Waals surface area contributed by atoms with Crippen molar-refractivity contribution < 1.29 is 23.9 Å². The standard InChI is InChI=1S/C30H39N5O5/c1-29(2,3)40-28(39)33-15-13-30(14-16-33)27(38)34(21-35(30)24-11-6-5-7-12-24)20-26(37)32-19-23-10-8-9-22(17-23)18-25(36)31-4/h5-12,17H,13-16,18-21H2,1-4H3,(H,31,36)(H,32,37). The normalized spacial score (nSPS) is 16.7. The number of hydrogen-bond acceptors (Lipinski definition) is 6. The van der Waals surface area contributed by atoms with Crippen molar-refractivity contribution in [2.24, 2.45) is 0 Å². The Morgan fingerprint density at radius 3 is 2.27 bits per heavy atom. The average molecular weight is 550 g/mol. The van der Waals surface area contributed by atoms with Crippen molar-refractivity contribution in [1.29, 1.82) is 0 Å². The first-order valence-electron chi connectivity index (χ1n) is 13.7. The van der Waals surface area contributed by atoms with E-state index in [2.05, 4.69) is 15.5 Å². The maximum absolute atomic E-state index is 13.9. The molecule has 1 spiro atoms. The topological polar surface area (TPSA) is 111 Å². The van der Waals surface area contributed by atoms with Crippen LogP contribution in [-0.2, 0) is 32.1 Å². The van der Waals surface area contributed by atoms with Crippen molar-refractivity contribution in [2.75, 3.05) is 38.3 Å². The highest BCUT2D eigenvalue weighted by Gasteiger charge is 2.54. The van der Waals surface area contributed by atoms with E-state index >= 15 is 0 Å². The third-order valence-corrected chi connectivity index (χ3v) is 7.28. The van der Waals surface area contributed by atoms with Crippen LogP contribution in [0.25, 0.3) is 0 Å². The number of carbonyl (C=O) groups is 4. The molecule has 2 aromatic rings. The molecule has 2 saturated heterocycles. The van der Waals surface area contributed by atoms with E-state index in [1.807, 2.05) is 75.4 Å². The number of amides is 4. The van der Waals surface area contributed by atoms with Gasteiger partial charge in [-0.25, -0.2) is 4.79 Å². The van der Waals surface area contributed by atoms with Crippen molar-refractivity contribution >= 4 is 29.5 Å². The van der Waals surface area contributed by atoms with E-state index in [4.69, 9.17) is 4.74 Å². The van der Waals surface area contributed by atoms with Crippen molar-refractivity contribution in [3.05, 3.63) is 65.7 Å². The van der Waals surface area contributed by atoms with E-state index < -0.39 is 11.1 Å². The summed E-state index contributed by atoms with van der Waals surface area (Å²) in [5.41, 5.74) is 1.20. The zero-order valence-corrected chi connectivity index (χ0v) is 23.7. The average Bonchev–Trinajstić information content (AvgIpc) is 3.18. The highest BCUT2D eigenvalue weighted by atomic mass is 16.6. The molecule has 2 aromatic carbocycles. The molecule has 214 valence electrons. The van der Waals surface area contributed by atoms with Crippen LogP contribution in [0, 0.1) is 0 Å². The zero-order valence-electron chi connectivity index (χ0n) is 23.7. The number of nitrogens with zero attached hydrogens (tertiary/aromatic N) is 3. The molecule has 0 unspecified atom stereocenters. The molecule has 2 aliphatic rings. The smallest absolute Gasteiger partial charge is 0.410 e. The number of piperidine rings is 1. The summed E-state index contributed by atoms with van der Waals surface area (Å²) in [5.74, 6) is -0.452. The summed E-state index contributed by atoms with van der Waals surface area (Å²) < 4.78 is 5.54. The summed E-state index contributed by atoms with van der Waals surface area (Å²) in [6, 6.07) is 17.2. The van der Waals surface area contributed by atoms with Crippen LogP contribution in [0.3, 0.4) is 0 Å². The number of nitrogens with one attached hydrogen (secondary N) is 2. The first-order chi connectivity index (χ1) is 19.0. The highest BCUT2D eigenvalue weighted by Crippen LogP contribution is 2.39. The second-order valence-electron chi connectivity index (χ2n) is 11.4. The van der Waals surface area contributed by atoms with Crippen LogP contribution in [0.5, 0.6) is 0 Å². The van der Waals surface area contributed by atoms with Gasteiger partial charge in [-0.05, 0) is 56.9 Å². The van der Waals surface area contributed by atoms with Gasteiger partial charge in [0.25, 0.3) is 5.91 Å². The summed E-state index contributed by atoms with van der Waals surface area (Å²) in [6.45, 7) is 6.77. The number of likely N-dealkylation sites (N-methyl/N-ethyl adjacent to an activating group) is 1. The highest BCUT2D eigenvalue weighted by molar-refractivity contribution is 5.96. The largest absolute Gasteiger partial charge is 0.444 e. The molecular weight excluding hydrogens is 510 g/mol. The molecule has 2 heterocycles. The van der Waals surface area contributed by atoms with Crippen LogP contribution >= 0.6 is 0 Å². The minimum absolute atomic E-state index is 0.0718. The van der Waals surface area contributed by atoms with Gasteiger partial charge in [0.15, 0.2) is 0 Å². The Morgan fingerprint density at radius 1 is 0.950 bits per heavy atom. The van der Waals surface area contributed by atoms with Crippen LogP contribution in [0.1, 0.15) is 44.7 Å².